The van der Waals surface area contributed by atoms with Crippen LogP contribution in [0.4, 0.5) is 10.1 Å². The zero-order valence-electron chi connectivity index (χ0n) is 14.3. The van der Waals surface area contributed by atoms with Gasteiger partial charge < -0.3 is 4.74 Å². The van der Waals surface area contributed by atoms with Crippen molar-refractivity contribution in [1.82, 2.24) is 0 Å². The van der Waals surface area contributed by atoms with Gasteiger partial charge in [0.15, 0.2) is 0 Å². The first-order valence-electron chi connectivity index (χ1n) is 7.73. The molecule has 0 aromatic heterocycles. The van der Waals surface area contributed by atoms with Crippen LogP contribution < -0.4 is 4.31 Å². The maximum absolute atomic E-state index is 13.2. The average Bonchev–Trinajstić information content (AvgIpc) is 2.59. The minimum Gasteiger partial charge on any atom is -0.465 e. The van der Waals surface area contributed by atoms with Crippen molar-refractivity contribution in [3.8, 4) is 0 Å². The van der Waals surface area contributed by atoms with Crippen LogP contribution in [0.2, 0.25) is 0 Å². The van der Waals surface area contributed by atoms with E-state index in [2.05, 4.69) is 4.74 Å². The maximum atomic E-state index is 13.2. The maximum Gasteiger partial charge on any atom is 0.339 e. The standard InChI is InChI=1S/C18H20FNO4S/c1-13(2)12-20(15-10-8-14(19)9-11-15)25(22,23)17-7-5-4-6-16(17)18(21)24-3/h4-11,13H,12H2,1-3H3. The van der Waals surface area contributed by atoms with Crippen LogP contribution in [-0.2, 0) is 14.8 Å². The lowest BCUT2D eigenvalue weighted by Gasteiger charge is -2.27. The van der Waals surface area contributed by atoms with Gasteiger partial charge in [-0.3, -0.25) is 4.31 Å². The summed E-state index contributed by atoms with van der Waals surface area (Å²) in [5.74, 6) is -1.17. The fourth-order valence-corrected chi connectivity index (χ4v) is 4.18. The minimum absolute atomic E-state index is 0.0186. The molecule has 0 spiro atoms. The van der Waals surface area contributed by atoms with Gasteiger partial charge in [0.1, 0.15) is 10.7 Å². The fourth-order valence-electron chi connectivity index (χ4n) is 2.37. The molecule has 0 saturated carbocycles. The van der Waals surface area contributed by atoms with E-state index in [1.807, 2.05) is 13.8 Å². The largest absolute Gasteiger partial charge is 0.465 e. The minimum atomic E-state index is -4.04. The molecule has 0 atom stereocenters. The Balaban J connectivity index is 2.60. The van der Waals surface area contributed by atoms with Gasteiger partial charge in [-0.15, -0.1) is 0 Å². The highest BCUT2D eigenvalue weighted by molar-refractivity contribution is 7.93. The number of carbonyl (C=O) groups excluding carboxylic acids is 1. The predicted molar refractivity (Wildman–Crippen MR) is 93.6 cm³/mol. The molecule has 134 valence electrons. The number of esters is 1. The second kappa shape index (κ2) is 7.65. The number of anilines is 1. The SMILES string of the molecule is COC(=O)c1ccccc1S(=O)(=O)N(CC(C)C)c1ccc(F)cc1. The van der Waals surface area contributed by atoms with Crippen molar-refractivity contribution in [3.63, 3.8) is 0 Å². The highest BCUT2D eigenvalue weighted by Gasteiger charge is 2.30. The number of ether oxygens (including phenoxy) is 1. The van der Waals surface area contributed by atoms with E-state index in [0.717, 1.165) is 0 Å². The van der Waals surface area contributed by atoms with Gasteiger partial charge in [0.25, 0.3) is 10.0 Å². The summed E-state index contributed by atoms with van der Waals surface area (Å²) in [5.41, 5.74) is 0.288. The van der Waals surface area contributed by atoms with Gasteiger partial charge in [0.05, 0.1) is 18.4 Å². The molecule has 0 bridgehead atoms. The van der Waals surface area contributed by atoms with Gasteiger partial charge >= 0.3 is 5.97 Å². The molecule has 0 aliphatic heterocycles. The fraction of sp³-hybridized carbons (Fsp3) is 0.278. The van der Waals surface area contributed by atoms with Crippen LogP contribution in [0.3, 0.4) is 0 Å². The van der Waals surface area contributed by atoms with Crippen molar-refractivity contribution in [2.75, 3.05) is 18.0 Å². The highest BCUT2D eigenvalue weighted by Crippen LogP contribution is 2.27. The second-order valence-corrected chi connectivity index (χ2v) is 7.72. The molecule has 0 amide bonds. The van der Waals surface area contributed by atoms with Crippen molar-refractivity contribution in [3.05, 3.63) is 59.9 Å². The monoisotopic (exact) mass is 365 g/mol. The van der Waals surface area contributed by atoms with Crippen LogP contribution in [-0.4, -0.2) is 28.0 Å². The Morgan fingerprint density at radius 2 is 1.72 bits per heavy atom. The third-order valence-electron chi connectivity index (χ3n) is 3.51. The summed E-state index contributed by atoms with van der Waals surface area (Å²) in [6.45, 7) is 3.93. The zero-order chi connectivity index (χ0) is 18.6. The van der Waals surface area contributed by atoms with Gasteiger partial charge in [-0.2, -0.15) is 0 Å². The topological polar surface area (TPSA) is 63.7 Å². The molecule has 0 heterocycles. The molecule has 2 aromatic carbocycles. The molecule has 5 nitrogen and oxygen atoms in total. The molecule has 2 rings (SSSR count). The van der Waals surface area contributed by atoms with Gasteiger partial charge in [0, 0.05) is 6.54 Å². The number of rotatable bonds is 6. The first-order valence-corrected chi connectivity index (χ1v) is 9.17. The summed E-state index contributed by atoms with van der Waals surface area (Å²) in [5, 5.41) is 0. The number of hydrogen-bond donors (Lipinski definition) is 0. The molecule has 0 radical (unpaired) electrons. The molecule has 2 aromatic rings. The third-order valence-corrected chi connectivity index (χ3v) is 5.36. The highest BCUT2D eigenvalue weighted by atomic mass is 32.2. The second-order valence-electron chi connectivity index (χ2n) is 5.89. The molecule has 0 unspecified atom stereocenters. The Hall–Kier alpha value is -2.41. The van der Waals surface area contributed by atoms with Crippen molar-refractivity contribution >= 4 is 21.7 Å². The normalized spacial score (nSPS) is 11.4. The van der Waals surface area contributed by atoms with Crippen molar-refractivity contribution in [1.29, 1.82) is 0 Å². The Morgan fingerprint density at radius 1 is 1.12 bits per heavy atom. The number of hydrogen-bond acceptors (Lipinski definition) is 4. The number of carbonyl (C=O) groups is 1. The van der Waals surface area contributed by atoms with E-state index >= 15 is 0 Å². The Kier molecular flexibility index (Phi) is 5.79. The van der Waals surface area contributed by atoms with E-state index < -0.39 is 21.8 Å². The van der Waals surface area contributed by atoms with Gasteiger partial charge in [-0.25, -0.2) is 17.6 Å². The summed E-state index contributed by atoms with van der Waals surface area (Å²) in [6.07, 6.45) is 0. The van der Waals surface area contributed by atoms with Crippen molar-refractivity contribution in [2.24, 2.45) is 5.92 Å². The summed E-state index contributed by atoms with van der Waals surface area (Å²) < 4.78 is 45.5. The van der Waals surface area contributed by atoms with Gasteiger partial charge in [-0.05, 0) is 42.3 Å². The van der Waals surface area contributed by atoms with Crippen LogP contribution >= 0.6 is 0 Å². The average molecular weight is 365 g/mol. The lowest BCUT2D eigenvalue weighted by atomic mass is 10.2. The van der Waals surface area contributed by atoms with E-state index in [1.165, 1.54) is 53.9 Å². The molecular weight excluding hydrogens is 345 g/mol. The lowest BCUT2D eigenvalue weighted by molar-refractivity contribution is 0.0596. The smallest absolute Gasteiger partial charge is 0.339 e. The summed E-state index contributed by atoms with van der Waals surface area (Å²) in [6, 6.07) is 11.1. The first-order chi connectivity index (χ1) is 11.8. The Bertz CT molecular complexity index is 848. The van der Waals surface area contributed by atoms with Crippen LogP contribution in [0.15, 0.2) is 53.4 Å². The van der Waals surface area contributed by atoms with Crippen molar-refractivity contribution in [2.45, 2.75) is 18.7 Å². The number of methoxy groups -OCH3 is 1. The quantitative estimate of drug-likeness (QED) is 0.736. The van der Waals surface area contributed by atoms with Crippen LogP contribution in [0, 0.1) is 11.7 Å². The summed E-state index contributed by atoms with van der Waals surface area (Å²) in [7, 11) is -2.85. The Labute approximate surface area is 147 Å². The molecule has 0 fully saturated rings. The Morgan fingerprint density at radius 3 is 2.28 bits per heavy atom. The third kappa shape index (κ3) is 4.17. The van der Waals surface area contributed by atoms with Gasteiger partial charge in [-0.1, -0.05) is 26.0 Å². The summed E-state index contributed by atoms with van der Waals surface area (Å²) in [4.78, 5) is 11.8. The molecule has 7 heteroatoms. The van der Waals surface area contributed by atoms with E-state index in [9.17, 15) is 17.6 Å². The van der Waals surface area contributed by atoms with E-state index in [1.54, 1.807) is 6.07 Å². The molecular formula is C18H20FNO4S. The van der Waals surface area contributed by atoms with Gasteiger partial charge in [0.2, 0.25) is 0 Å². The van der Waals surface area contributed by atoms with E-state index in [-0.39, 0.29) is 22.9 Å². The predicted octanol–water partition coefficient (Wildman–Crippen LogP) is 3.46. The molecule has 0 aliphatic rings. The molecule has 0 N–H and O–H groups in total. The first kappa shape index (κ1) is 18.9. The lowest BCUT2D eigenvalue weighted by Crippen LogP contribution is -2.35. The number of benzene rings is 2. The molecule has 0 aliphatic carbocycles. The van der Waals surface area contributed by atoms with E-state index in [0.29, 0.717) is 5.69 Å². The van der Waals surface area contributed by atoms with Crippen molar-refractivity contribution < 1.29 is 22.3 Å². The summed E-state index contributed by atoms with van der Waals surface area (Å²) >= 11 is 0. The van der Waals surface area contributed by atoms with Crippen LogP contribution in [0.5, 0.6) is 0 Å². The van der Waals surface area contributed by atoms with Crippen LogP contribution in [0.25, 0.3) is 0 Å². The zero-order valence-corrected chi connectivity index (χ0v) is 15.1. The van der Waals surface area contributed by atoms with E-state index in [4.69, 9.17) is 0 Å². The van der Waals surface area contributed by atoms with Crippen LogP contribution in [0.1, 0.15) is 24.2 Å². The number of halogens is 1. The number of sulfonamides is 1. The number of nitrogens with zero attached hydrogens (tertiary/aromatic N) is 1. The molecule has 25 heavy (non-hydrogen) atoms. The molecule has 0 saturated heterocycles.